The lowest BCUT2D eigenvalue weighted by atomic mass is 9.77. The average Bonchev–Trinajstić information content (AvgIpc) is 2.82. The second-order valence-electron chi connectivity index (χ2n) is 8.72. The molecule has 27 heavy (non-hydrogen) atoms. The molecule has 2 saturated heterocycles. The third-order valence-corrected chi connectivity index (χ3v) is 6.56. The van der Waals surface area contributed by atoms with Gasteiger partial charge in [-0.1, -0.05) is 5.16 Å². The monoisotopic (exact) mass is 379 g/mol. The second-order valence-corrected chi connectivity index (χ2v) is 8.72. The summed E-state index contributed by atoms with van der Waals surface area (Å²) in [4.78, 5) is 16.9. The normalized spacial score (nSPS) is 28.8. The van der Waals surface area contributed by atoms with Crippen LogP contribution in [0.1, 0.15) is 49.1 Å². The molecule has 1 aromatic rings. The Morgan fingerprint density at radius 1 is 1.19 bits per heavy atom. The molecule has 0 aromatic carbocycles. The largest absolute Gasteiger partial charge is 0.379 e. The van der Waals surface area contributed by atoms with E-state index in [1.54, 1.807) is 4.90 Å². The van der Waals surface area contributed by atoms with Gasteiger partial charge >= 0.3 is 0 Å². The van der Waals surface area contributed by atoms with E-state index in [2.05, 4.69) is 10.1 Å². The molecule has 1 saturated carbocycles. The zero-order valence-electron chi connectivity index (χ0n) is 16.4. The number of nitrogens with zero attached hydrogens (tertiary/aromatic N) is 3. The highest BCUT2D eigenvalue weighted by atomic mass is 19.1. The first-order chi connectivity index (χ1) is 12.9. The second kappa shape index (κ2) is 7.17. The summed E-state index contributed by atoms with van der Waals surface area (Å²) >= 11 is 0. The molecule has 1 spiro atoms. The number of halogens is 1. The third-order valence-electron chi connectivity index (χ3n) is 6.56. The summed E-state index contributed by atoms with van der Waals surface area (Å²) < 4.78 is 25.9. The van der Waals surface area contributed by atoms with Gasteiger partial charge < -0.3 is 14.2 Å². The van der Waals surface area contributed by atoms with Gasteiger partial charge in [0.05, 0.1) is 18.9 Å². The van der Waals surface area contributed by atoms with Crippen LogP contribution < -0.4 is 0 Å². The molecule has 0 N–H and O–H groups in total. The average molecular weight is 379 g/mol. The summed E-state index contributed by atoms with van der Waals surface area (Å²) in [6.45, 7) is 8.93. The molecule has 1 amide bonds. The first-order valence-corrected chi connectivity index (χ1v) is 10.1. The van der Waals surface area contributed by atoms with Crippen LogP contribution >= 0.6 is 0 Å². The zero-order valence-corrected chi connectivity index (χ0v) is 16.4. The van der Waals surface area contributed by atoms with Crippen molar-refractivity contribution in [1.82, 2.24) is 15.0 Å². The summed E-state index contributed by atoms with van der Waals surface area (Å²) in [5.74, 6) is 0.561. The minimum absolute atomic E-state index is 0.122. The zero-order chi connectivity index (χ0) is 19.1. The molecule has 4 rings (SSSR count). The Hall–Kier alpha value is -1.47. The SMILES string of the molecule is Cc1noc(C)c1CN1CCOCC2(CCCN(C(=O)C3(F)CCC3)C2)C1. The number of hydrogen-bond acceptors (Lipinski definition) is 5. The lowest BCUT2D eigenvalue weighted by Gasteiger charge is -2.46. The standard InChI is InChI=1S/C20H30FN3O3/c1-15-17(16(2)27-22-15)11-23-9-10-26-14-19(12-23)5-4-8-24(13-19)18(25)20(21)6-3-7-20/h3-14H2,1-2H3. The van der Waals surface area contributed by atoms with Crippen molar-refractivity contribution >= 4 is 5.91 Å². The smallest absolute Gasteiger partial charge is 0.260 e. The number of ether oxygens (including phenoxy) is 1. The van der Waals surface area contributed by atoms with Crippen LogP contribution in [0.15, 0.2) is 4.52 Å². The Labute approximate surface area is 160 Å². The maximum atomic E-state index is 14.7. The van der Waals surface area contributed by atoms with Crippen LogP contribution in [-0.4, -0.2) is 65.9 Å². The lowest BCUT2D eigenvalue weighted by Crippen LogP contribution is -2.57. The van der Waals surface area contributed by atoms with Crippen molar-refractivity contribution in [2.75, 3.05) is 39.4 Å². The molecule has 1 aliphatic carbocycles. The summed E-state index contributed by atoms with van der Waals surface area (Å²) in [5, 5.41) is 4.06. The number of carbonyl (C=O) groups excluding carboxylic acids is 1. The number of piperidine rings is 1. The van der Waals surface area contributed by atoms with Crippen LogP contribution in [0.3, 0.4) is 0 Å². The van der Waals surface area contributed by atoms with Gasteiger partial charge in [0.15, 0.2) is 5.67 Å². The molecule has 3 fully saturated rings. The molecule has 3 aliphatic rings. The van der Waals surface area contributed by atoms with E-state index in [0.717, 1.165) is 55.9 Å². The topological polar surface area (TPSA) is 58.8 Å². The van der Waals surface area contributed by atoms with Crippen LogP contribution in [0.25, 0.3) is 0 Å². The van der Waals surface area contributed by atoms with E-state index in [1.165, 1.54) is 0 Å². The molecule has 2 aliphatic heterocycles. The van der Waals surface area contributed by atoms with E-state index in [9.17, 15) is 9.18 Å². The van der Waals surface area contributed by atoms with Gasteiger partial charge in [-0.2, -0.15) is 0 Å². The number of rotatable bonds is 3. The van der Waals surface area contributed by atoms with Crippen molar-refractivity contribution in [3.8, 4) is 0 Å². The highest BCUT2D eigenvalue weighted by molar-refractivity contribution is 5.86. The van der Waals surface area contributed by atoms with Gasteiger partial charge in [-0.15, -0.1) is 0 Å². The van der Waals surface area contributed by atoms with Crippen molar-refractivity contribution in [2.24, 2.45) is 5.41 Å². The summed E-state index contributed by atoms with van der Waals surface area (Å²) in [7, 11) is 0. The fourth-order valence-corrected chi connectivity index (χ4v) is 4.78. The highest BCUT2D eigenvalue weighted by Crippen LogP contribution is 2.40. The molecule has 150 valence electrons. The fraction of sp³-hybridized carbons (Fsp3) is 0.800. The van der Waals surface area contributed by atoms with E-state index in [4.69, 9.17) is 9.26 Å². The Morgan fingerprint density at radius 3 is 2.67 bits per heavy atom. The molecular weight excluding hydrogens is 349 g/mol. The number of hydrogen-bond donors (Lipinski definition) is 0. The first-order valence-electron chi connectivity index (χ1n) is 10.1. The van der Waals surface area contributed by atoms with Crippen LogP contribution in [0.4, 0.5) is 4.39 Å². The summed E-state index contributed by atoms with van der Waals surface area (Å²) in [6.07, 6.45) is 3.49. The number of alkyl halides is 1. The van der Waals surface area contributed by atoms with Crippen LogP contribution in [-0.2, 0) is 16.1 Å². The molecule has 1 unspecified atom stereocenters. The third kappa shape index (κ3) is 3.63. The Balaban J connectivity index is 1.48. The predicted molar refractivity (Wildman–Crippen MR) is 98.0 cm³/mol. The van der Waals surface area contributed by atoms with Crippen molar-refractivity contribution in [1.29, 1.82) is 0 Å². The maximum absolute atomic E-state index is 14.7. The molecule has 3 heterocycles. The number of amides is 1. The quantitative estimate of drug-likeness (QED) is 0.808. The number of likely N-dealkylation sites (tertiary alicyclic amines) is 1. The predicted octanol–water partition coefficient (Wildman–Crippen LogP) is 2.62. The molecule has 1 aromatic heterocycles. The minimum atomic E-state index is -1.61. The Morgan fingerprint density at radius 2 is 2.00 bits per heavy atom. The maximum Gasteiger partial charge on any atom is 0.260 e. The van der Waals surface area contributed by atoms with Crippen molar-refractivity contribution in [3.05, 3.63) is 17.0 Å². The summed E-state index contributed by atoms with van der Waals surface area (Å²) in [5.41, 5.74) is 0.328. The van der Waals surface area contributed by atoms with Crippen molar-refractivity contribution < 1.29 is 18.4 Å². The molecular formula is C20H30FN3O3. The lowest BCUT2D eigenvalue weighted by molar-refractivity contribution is -0.154. The van der Waals surface area contributed by atoms with E-state index in [-0.39, 0.29) is 11.3 Å². The molecule has 7 heteroatoms. The fourth-order valence-electron chi connectivity index (χ4n) is 4.78. The van der Waals surface area contributed by atoms with Gasteiger partial charge in [0.25, 0.3) is 5.91 Å². The van der Waals surface area contributed by atoms with Gasteiger partial charge in [-0.05, 0) is 46.0 Å². The van der Waals surface area contributed by atoms with Gasteiger partial charge in [-0.3, -0.25) is 9.69 Å². The van der Waals surface area contributed by atoms with Gasteiger partial charge in [0.2, 0.25) is 0 Å². The van der Waals surface area contributed by atoms with Crippen molar-refractivity contribution in [3.63, 3.8) is 0 Å². The number of carbonyl (C=O) groups is 1. The van der Waals surface area contributed by atoms with Crippen LogP contribution in [0.5, 0.6) is 0 Å². The highest BCUT2D eigenvalue weighted by Gasteiger charge is 2.49. The van der Waals surface area contributed by atoms with E-state index >= 15 is 0 Å². The Bertz CT molecular complexity index is 683. The number of aryl methyl sites for hydroxylation is 2. The number of aromatic nitrogens is 1. The van der Waals surface area contributed by atoms with E-state index < -0.39 is 5.67 Å². The van der Waals surface area contributed by atoms with Gasteiger partial charge in [0.1, 0.15) is 5.76 Å². The first kappa shape index (κ1) is 18.9. The Kier molecular flexibility index (Phi) is 5.01. The van der Waals surface area contributed by atoms with Crippen LogP contribution in [0.2, 0.25) is 0 Å². The minimum Gasteiger partial charge on any atom is -0.379 e. The van der Waals surface area contributed by atoms with Crippen molar-refractivity contribution in [2.45, 2.75) is 58.2 Å². The van der Waals surface area contributed by atoms with Crippen LogP contribution in [0, 0.1) is 19.3 Å². The molecule has 6 nitrogen and oxygen atoms in total. The van der Waals surface area contributed by atoms with Gasteiger partial charge in [-0.25, -0.2) is 4.39 Å². The van der Waals surface area contributed by atoms with E-state index in [0.29, 0.717) is 39.1 Å². The van der Waals surface area contributed by atoms with E-state index in [1.807, 2.05) is 13.8 Å². The molecule has 0 radical (unpaired) electrons. The molecule has 1 atom stereocenters. The van der Waals surface area contributed by atoms with Gasteiger partial charge in [0, 0.05) is 43.7 Å². The summed E-state index contributed by atoms with van der Waals surface area (Å²) in [6, 6.07) is 0. The molecule has 0 bridgehead atoms.